The predicted octanol–water partition coefficient (Wildman–Crippen LogP) is 1.46. The lowest BCUT2D eigenvalue weighted by molar-refractivity contribution is -0.121. The van der Waals surface area contributed by atoms with E-state index in [9.17, 15) is 4.79 Å². The first-order chi connectivity index (χ1) is 6.31. The van der Waals surface area contributed by atoms with E-state index in [0.717, 1.165) is 38.6 Å². The summed E-state index contributed by atoms with van der Waals surface area (Å²) < 4.78 is 0. The van der Waals surface area contributed by atoms with Gasteiger partial charge in [0.2, 0.25) is 5.91 Å². The molecule has 0 aromatic rings. The lowest BCUT2D eigenvalue weighted by Gasteiger charge is -2.03. The Labute approximate surface area is 80.5 Å². The van der Waals surface area contributed by atoms with Gasteiger partial charge < -0.3 is 10.4 Å². The first-order valence-corrected chi connectivity index (χ1v) is 5.18. The van der Waals surface area contributed by atoms with Crippen LogP contribution in [0.5, 0.6) is 0 Å². The fourth-order valence-electron chi connectivity index (χ4n) is 1.07. The summed E-state index contributed by atoms with van der Waals surface area (Å²) in [6, 6.07) is 0. The molecule has 0 saturated carbocycles. The summed E-state index contributed by atoms with van der Waals surface area (Å²) in [6.07, 6.45) is 5.41. The molecule has 0 aliphatic carbocycles. The van der Waals surface area contributed by atoms with Gasteiger partial charge in [-0.15, -0.1) is 0 Å². The van der Waals surface area contributed by atoms with E-state index in [-0.39, 0.29) is 12.5 Å². The van der Waals surface area contributed by atoms with Gasteiger partial charge >= 0.3 is 0 Å². The van der Waals surface area contributed by atoms with Crippen LogP contribution >= 0.6 is 0 Å². The zero-order valence-electron chi connectivity index (χ0n) is 8.51. The van der Waals surface area contributed by atoms with E-state index in [0.29, 0.717) is 6.42 Å². The van der Waals surface area contributed by atoms with E-state index in [4.69, 9.17) is 5.11 Å². The molecule has 2 N–H and O–H groups in total. The van der Waals surface area contributed by atoms with Gasteiger partial charge in [-0.2, -0.15) is 0 Å². The Hall–Kier alpha value is -0.570. The molecule has 0 saturated heterocycles. The van der Waals surface area contributed by atoms with Crippen molar-refractivity contribution in [2.75, 3.05) is 13.2 Å². The molecular weight excluding hydrogens is 166 g/mol. The van der Waals surface area contributed by atoms with Gasteiger partial charge in [0, 0.05) is 19.6 Å². The SMILES string of the molecule is CCCCNC(=O)CCCCCO. The standard InChI is InChI=1S/C10H21NO2/c1-2-3-8-11-10(13)7-5-4-6-9-12/h12H,2-9H2,1H3,(H,11,13). The summed E-state index contributed by atoms with van der Waals surface area (Å²) in [5.74, 6) is 0.145. The van der Waals surface area contributed by atoms with Crippen LogP contribution in [0.1, 0.15) is 45.4 Å². The van der Waals surface area contributed by atoms with Crippen LogP contribution in [0.3, 0.4) is 0 Å². The number of aliphatic hydroxyl groups excluding tert-OH is 1. The molecule has 0 spiro atoms. The molecule has 0 fully saturated rings. The van der Waals surface area contributed by atoms with Crippen LogP contribution in [0.4, 0.5) is 0 Å². The Balaban J connectivity index is 3.11. The third-order valence-corrected chi connectivity index (χ3v) is 1.91. The molecule has 0 unspecified atom stereocenters. The molecule has 0 aromatic carbocycles. The zero-order chi connectivity index (χ0) is 9.94. The molecule has 0 aromatic heterocycles. The number of hydrogen-bond donors (Lipinski definition) is 2. The minimum atomic E-state index is 0.145. The smallest absolute Gasteiger partial charge is 0.219 e. The Bertz CT molecular complexity index is 126. The second-order valence-electron chi connectivity index (χ2n) is 3.24. The molecule has 0 heterocycles. The fraction of sp³-hybridized carbons (Fsp3) is 0.900. The molecule has 0 aliphatic heterocycles. The van der Waals surface area contributed by atoms with Crippen molar-refractivity contribution in [2.24, 2.45) is 0 Å². The summed E-state index contributed by atoms with van der Waals surface area (Å²) in [7, 11) is 0. The van der Waals surface area contributed by atoms with E-state index in [1.165, 1.54) is 0 Å². The van der Waals surface area contributed by atoms with Gasteiger partial charge in [-0.3, -0.25) is 4.79 Å². The van der Waals surface area contributed by atoms with Crippen LogP contribution in [0.15, 0.2) is 0 Å². The third kappa shape index (κ3) is 9.34. The molecular formula is C10H21NO2. The highest BCUT2D eigenvalue weighted by molar-refractivity contribution is 5.75. The molecule has 13 heavy (non-hydrogen) atoms. The molecule has 0 radical (unpaired) electrons. The van der Waals surface area contributed by atoms with E-state index in [1.54, 1.807) is 0 Å². The minimum Gasteiger partial charge on any atom is -0.396 e. The average Bonchev–Trinajstić information content (AvgIpc) is 2.13. The van der Waals surface area contributed by atoms with E-state index < -0.39 is 0 Å². The molecule has 0 rings (SSSR count). The van der Waals surface area contributed by atoms with E-state index >= 15 is 0 Å². The highest BCUT2D eigenvalue weighted by Gasteiger charge is 1.98. The van der Waals surface area contributed by atoms with Gasteiger partial charge in [0.05, 0.1) is 0 Å². The van der Waals surface area contributed by atoms with Crippen LogP contribution < -0.4 is 5.32 Å². The molecule has 0 atom stereocenters. The number of unbranched alkanes of at least 4 members (excludes halogenated alkanes) is 3. The number of amides is 1. The maximum atomic E-state index is 11.1. The maximum Gasteiger partial charge on any atom is 0.219 e. The van der Waals surface area contributed by atoms with Gasteiger partial charge in [-0.1, -0.05) is 19.8 Å². The van der Waals surface area contributed by atoms with Crippen LogP contribution in [0.25, 0.3) is 0 Å². The van der Waals surface area contributed by atoms with Crippen molar-refractivity contribution in [3.8, 4) is 0 Å². The topological polar surface area (TPSA) is 49.3 Å². The van der Waals surface area contributed by atoms with Gasteiger partial charge in [0.25, 0.3) is 0 Å². The van der Waals surface area contributed by atoms with Crippen molar-refractivity contribution in [1.29, 1.82) is 0 Å². The van der Waals surface area contributed by atoms with Gasteiger partial charge in [-0.25, -0.2) is 0 Å². The van der Waals surface area contributed by atoms with Crippen molar-refractivity contribution >= 4 is 5.91 Å². The second kappa shape index (κ2) is 9.52. The van der Waals surface area contributed by atoms with Crippen LogP contribution in [0, 0.1) is 0 Å². The van der Waals surface area contributed by atoms with Crippen molar-refractivity contribution in [1.82, 2.24) is 5.32 Å². The summed E-state index contributed by atoms with van der Waals surface area (Å²) in [5.41, 5.74) is 0. The molecule has 3 heteroatoms. The molecule has 1 amide bonds. The monoisotopic (exact) mass is 187 g/mol. The van der Waals surface area contributed by atoms with Crippen LogP contribution in [-0.4, -0.2) is 24.2 Å². The second-order valence-corrected chi connectivity index (χ2v) is 3.24. The number of carbonyl (C=O) groups excluding carboxylic acids is 1. The number of nitrogens with one attached hydrogen (secondary N) is 1. The third-order valence-electron chi connectivity index (χ3n) is 1.91. The lowest BCUT2D eigenvalue weighted by Crippen LogP contribution is -2.23. The summed E-state index contributed by atoms with van der Waals surface area (Å²) in [6.45, 7) is 3.14. The Morgan fingerprint density at radius 1 is 1.23 bits per heavy atom. The van der Waals surface area contributed by atoms with E-state index in [2.05, 4.69) is 12.2 Å². The molecule has 78 valence electrons. The quantitative estimate of drug-likeness (QED) is 0.565. The van der Waals surface area contributed by atoms with Gasteiger partial charge in [-0.05, 0) is 19.3 Å². The summed E-state index contributed by atoms with van der Waals surface area (Å²) >= 11 is 0. The molecule has 0 bridgehead atoms. The summed E-state index contributed by atoms with van der Waals surface area (Å²) in [4.78, 5) is 11.1. The highest BCUT2D eigenvalue weighted by Crippen LogP contribution is 1.98. The van der Waals surface area contributed by atoms with Crippen molar-refractivity contribution in [3.05, 3.63) is 0 Å². The average molecular weight is 187 g/mol. The fourth-order valence-corrected chi connectivity index (χ4v) is 1.07. The number of carbonyl (C=O) groups is 1. The lowest BCUT2D eigenvalue weighted by atomic mass is 10.2. The number of hydrogen-bond acceptors (Lipinski definition) is 2. The van der Waals surface area contributed by atoms with Crippen molar-refractivity contribution in [3.63, 3.8) is 0 Å². The Morgan fingerprint density at radius 3 is 2.62 bits per heavy atom. The first kappa shape index (κ1) is 12.4. The minimum absolute atomic E-state index is 0.145. The largest absolute Gasteiger partial charge is 0.396 e. The Kier molecular flexibility index (Phi) is 9.10. The normalized spacial score (nSPS) is 10.0. The maximum absolute atomic E-state index is 11.1. The van der Waals surface area contributed by atoms with Crippen molar-refractivity contribution in [2.45, 2.75) is 45.4 Å². The molecule has 3 nitrogen and oxygen atoms in total. The Morgan fingerprint density at radius 2 is 2.00 bits per heavy atom. The van der Waals surface area contributed by atoms with Crippen LogP contribution in [0.2, 0.25) is 0 Å². The summed E-state index contributed by atoms with van der Waals surface area (Å²) in [5, 5.41) is 11.4. The predicted molar refractivity (Wildman–Crippen MR) is 53.5 cm³/mol. The van der Waals surface area contributed by atoms with Crippen molar-refractivity contribution < 1.29 is 9.90 Å². The van der Waals surface area contributed by atoms with Gasteiger partial charge in [0.15, 0.2) is 0 Å². The van der Waals surface area contributed by atoms with Gasteiger partial charge in [0.1, 0.15) is 0 Å². The number of rotatable bonds is 8. The first-order valence-electron chi connectivity index (χ1n) is 5.18. The zero-order valence-corrected chi connectivity index (χ0v) is 8.51. The van der Waals surface area contributed by atoms with E-state index in [1.807, 2.05) is 0 Å². The van der Waals surface area contributed by atoms with Crippen LogP contribution in [-0.2, 0) is 4.79 Å². The molecule has 0 aliphatic rings. The highest BCUT2D eigenvalue weighted by atomic mass is 16.2. The number of aliphatic hydroxyl groups is 1.